The van der Waals surface area contributed by atoms with E-state index in [0.717, 1.165) is 18.8 Å². The summed E-state index contributed by atoms with van der Waals surface area (Å²) in [5.41, 5.74) is 2.30. The van der Waals surface area contributed by atoms with Crippen molar-refractivity contribution in [2.45, 2.75) is 26.8 Å². The number of likely N-dealkylation sites (N-methyl/N-ethyl adjacent to an activating group) is 1. The molecule has 0 aromatic carbocycles. The molecule has 0 saturated heterocycles. The molecule has 0 saturated carbocycles. The van der Waals surface area contributed by atoms with Crippen LogP contribution in [-0.2, 0) is 0 Å². The molecule has 0 fully saturated rings. The number of pyridine rings is 1. The molecule has 0 aliphatic carbocycles. The molecule has 0 bridgehead atoms. The van der Waals surface area contributed by atoms with Gasteiger partial charge in [-0.25, -0.2) is 0 Å². The summed E-state index contributed by atoms with van der Waals surface area (Å²) in [5.74, 6) is 0. The highest BCUT2D eigenvalue weighted by molar-refractivity contribution is 5.45. The van der Waals surface area contributed by atoms with Gasteiger partial charge in [0.25, 0.3) is 0 Å². The second kappa shape index (κ2) is 5.71. The van der Waals surface area contributed by atoms with Gasteiger partial charge in [0.15, 0.2) is 0 Å². The molecule has 3 nitrogen and oxygen atoms in total. The van der Waals surface area contributed by atoms with Crippen LogP contribution in [0.2, 0.25) is 0 Å². The zero-order valence-corrected chi connectivity index (χ0v) is 10.1. The predicted molar refractivity (Wildman–Crippen MR) is 65.4 cm³/mol. The summed E-state index contributed by atoms with van der Waals surface area (Å²) in [6, 6.07) is 4.70. The molecule has 0 unspecified atom stereocenters. The molecule has 0 atom stereocenters. The maximum Gasteiger partial charge on any atom is 0.0397 e. The summed E-state index contributed by atoms with van der Waals surface area (Å²) in [4.78, 5) is 6.43. The van der Waals surface area contributed by atoms with Gasteiger partial charge in [-0.2, -0.15) is 0 Å². The van der Waals surface area contributed by atoms with Gasteiger partial charge >= 0.3 is 0 Å². The van der Waals surface area contributed by atoms with Crippen molar-refractivity contribution >= 4 is 5.69 Å². The standard InChI is InChI=1S/C12H21N3/c1-10(2)13-7-8-15(4)12-5-6-14-11(3)9-12/h5-6,9-10,13H,7-8H2,1-4H3. The molecule has 0 aliphatic heterocycles. The number of hydrogen-bond acceptors (Lipinski definition) is 3. The van der Waals surface area contributed by atoms with Crippen molar-refractivity contribution in [2.24, 2.45) is 0 Å². The van der Waals surface area contributed by atoms with E-state index in [0.29, 0.717) is 6.04 Å². The Morgan fingerprint density at radius 3 is 2.80 bits per heavy atom. The summed E-state index contributed by atoms with van der Waals surface area (Å²) in [7, 11) is 2.11. The zero-order valence-electron chi connectivity index (χ0n) is 10.1. The first-order valence-electron chi connectivity index (χ1n) is 5.47. The fourth-order valence-corrected chi connectivity index (χ4v) is 1.42. The van der Waals surface area contributed by atoms with E-state index in [4.69, 9.17) is 0 Å². The van der Waals surface area contributed by atoms with Gasteiger partial charge in [-0.3, -0.25) is 4.98 Å². The average Bonchev–Trinajstić information content (AvgIpc) is 2.17. The number of hydrogen-bond donors (Lipinski definition) is 1. The highest BCUT2D eigenvalue weighted by atomic mass is 15.1. The highest BCUT2D eigenvalue weighted by Crippen LogP contribution is 2.11. The van der Waals surface area contributed by atoms with E-state index in [2.05, 4.69) is 42.2 Å². The Kier molecular flexibility index (Phi) is 4.56. The molecule has 0 spiro atoms. The van der Waals surface area contributed by atoms with Crippen LogP contribution >= 0.6 is 0 Å². The van der Waals surface area contributed by atoms with E-state index in [1.54, 1.807) is 0 Å². The molecule has 0 aliphatic rings. The van der Waals surface area contributed by atoms with Crippen molar-refractivity contribution in [1.82, 2.24) is 10.3 Å². The summed E-state index contributed by atoms with van der Waals surface area (Å²) in [5, 5.41) is 3.40. The van der Waals surface area contributed by atoms with Gasteiger partial charge in [-0.1, -0.05) is 13.8 Å². The van der Waals surface area contributed by atoms with Crippen molar-refractivity contribution in [3.63, 3.8) is 0 Å². The number of aromatic nitrogens is 1. The molecular formula is C12H21N3. The van der Waals surface area contributed by atoms with Crippen LogP contribution in [0.25, 0.3) is 0 Å². The lowest BCUT2D eigenvalue weighted by atomic mass is 10.3. The van der Waals surface area contributed by atoms with E-state index >= 15 is 0 Å². The van der Waals surface area contributed by atoms with Crippen LogP contribution in [0.4, 0.5) is 5.69 Å². The lowest BCUT2D eigenvalue weighted by Crippen LogP contribution is -2.32. The van der Waals surface area contributed by atoms with E-state index in [1.165, 1.54) is 5.69 Å². The van der Waals surface area contributed by atoms with E-state index < -0.39 is 0 Å². The van der Waals surface area contributed by atoms with Gasteiger partial charge in [-0.05, 0) is 19.1 Å². The number of nitrogens with one attached hydrogen (secondary N) is 1. The SMILES string of the molecule is Cc1cc(N(C)CCNC(C)C)ccn1. The molecule has 1 N–H and O–H groups in total. The minimum Gasteiger partial charge on any atom is -0.373 e. The quantitative estimate of drug-likeness (QED) is 0.798. The molecular weight excluding hydrogens is 186 g/mol. The minimum atomic E-state index is 0.553. The maximum atomic E-state index is 4.19. The van der Waals surface area contributed by atoms with Crippen molar-refractivity contribution < 1.29 is 0 Å². The van der Waals surface area contributed by atoms with E-state index in [-0.39, 0.29) is 0 Å². The smallest absolute Gasteiger partial charge is 0.0397 e. The second-order valence-corrected chi connectivity index (χ2v) is 4.19. The van der Waals surface area contributed by atoms with Crippen molar-refractivity contribution in [2.75, 3.05) is 25.0 Å². The Labute approximate surface area is 92.5 Å². The van der Waals surface area contributed by atoms with Crippen LogP contribution in [0, 0.1) is 6.92 Å². The second-order valence-electron chi connectivity index (χ2n) is 4.19. The average molecular weight is 207 g/mol. The third-order valence-corrected chi connectivity index (χ3v) is 2.32. The fourth-order valence-electron chi connectivity index (χ4n) is 1.42. The summed E-state index contributed by atoms with van der Waals surface area (Å²) in [6.45, 7) is 8.37. The predicted octanol–water partition coefficient (Wildman–Crippen LogP) is 1.82. The molecule has 1 rings (SSSR count). The van der Waals surface area contributed by atoms with Gasteiger partial charge in [-0.15, -0.1) is 0 Å². The topological polar surface area (TPSA) is 28.2 Å². The van der Waals surface area contributed by atoms with Crippen LogP contribution in [-0.4, -0.2) is 31.2 Å². The molecule has 3 heteroatoms. The zero-order chi connectivity index (χ0) is 11.3. The molecule has 1 aromatic rings. The Bertz CT molecular complexity index is 297. The van der Waals surface area contributed by atoms with Crippen molar-refractivity contribution in [1.29, 1.82) is 0 Å². The summed E-state index contributed by atoms with van der Waals surface area (Å²) >= 11 is 0. The monoisotopic (exact) mass is 207 g/mol. The molecule has 1 aromatic heterocycles. The lowest BCUT2D eigenvalue weighted by molar-refractivity contribution is 0.589. The lowest BCUT2D eigenvalue weighted by Gasteiger charge is -2.20. The van der Waals surface area contributed by atoms with Gasteiger partial charge in [0, 0.05) is 43.8 Å². The Morgan fingerprint density at radius 2 is 2.20 bits per heavy atom. The summed E-state index contributed by atoms with van der Waals surface area (Å²) < 4.78 is 0. The van der Waals surface area contributed by atoms with Gasteiger partial charge in [0.05, 0.1) is 0 Å². The number of nitrogens with zero attached hydrogens (tertiary/aromatic N) is 2. The van der Waals surface area contributed by atoms with Gasteiger partial charge in [0.1, 0.15) is 0 Å². The largest absolute Gasteiger partial charge is 0.373 e. The number of anilines is 1. The van der Waals surface area contributed by atoms with Crippen LogP contribution in [0.1, 0.15) is 19.5 Å². The molecule has 1 heterocycles. The van der Waals surface area contributed by atoms with Crippen LogP contribution < -0.4 is 10.2 Å². The fraction of sp³-hybridized carbons (Fsp3) is 0.583. The van der Waals surface area contributed by atoms with E-state index in [1.807, 2.05) is 19.2 Å². The minimum absolute atomic E-state index is 0.553. The van der Waals surface area contributed by atoms with Crippen LogP contribution in [0.3, 0.4) is 0 Å². The van der Waals surface area contributed by atoms with Gasteiger partial charge in [0.2, 0.25) is 0 Å². The Balaban J connectivity index is 2.43. The Morgan fingerprint density at radius 1 is 1.47 bits per heavy atom. The highest BCUT2D eigenvalue weighted by Gasteiger charge is 2.01. The third kappa shape index (κ3) is 4.30. The number of aryl methyl sites for hydroxylation is 1. The van der Waals surface area contributed by atoms with Crippen LogP contribution in [0.5, 0.6) is 0 Å². The van der Waals surface area contributed by atoms with Crippen molar-refractivity contribution in [3.8, 4) is 0 Å². The first-order chi connectivity index (χ1) is 7.09. The van der Waals surface area contributed by atoms with Crippen LogP contribution in [0.15, 0.2) is 18.3 Å². The molecule has 84 valence electrons. The Hall–Kier alpha value is -1.09. The maximum absolute atomic E-state index is 4.19. The molecule has 0 radical (unpaired) electrons. The summed E-state index contributed by atoms with van der Waals surface area (Å²) in [6.07, 6.45) is 1.86. The first-order valence-corrected chi connectivity index (χ1v) is 5.47. The molecule has 0 amide bonds. The van der Waals surface area contributed by atoms with E-state index in [9.17, 15) is 0 Å². The normalized spacial score (nSPS) is 10.7. The van der Waals surface area contributed by atoms with Gasteiger partial charge < -0.3 is 10.2 Å². The molecule has 15 heavy (non-hydrogen) atoms. The first kappa shape index (κ1) is 12.0. The number of rotatable bonds is 5. The third-order valence-electron chi connectivity index (χ3n) is 2.32. The van der Waals surface area contributed by atoms with Crippen molar-refractivity contribution in [3.05, 3.63) is 24.0 Å².